The van der Waals surface area contributed by atoms with Crippen LogP contribution in [0.2, 0.25) is 0 Å². The summed E-state index contributed by atoms with van der Waals surface area (Å²) >= 11 is 0. The number of carbonyl (C=O) groups is 2. The van der Waals surface area contributed by atoms with E-state index in [0.717, 1.165) is 0 Å². The second-order valence-corrected chi connectivity index (χ2v) is 3.17. The van der Waals surface area contributed by atoms with Gasteiger partial charge in [-0.2, -0.15) is 0 Å². The van der Waals surface area contributed by atoms with Crippen molar-refractivity contribution in [2.45, 2.75) is 32.4 Å². The molecule has 1 amide bonds. The molecule has 0 radical (unpaired) electrons. The number of rotatable bonds is 6. The highest BCUT2D eigenvalue weighted by molar-refractivity contribution is 5.87. The van der Waals surface area contributed by atoms with Crippen molar-refractivity contribution in [2.24, 2.45) is 11.5 Å². The van der Waals surface area contributed by atoms with E-state index < -0.39 is 18.1 Å². The minimum Gasteiger partial charge on any atom is -0.464 e. The van der Waals surface area contributed by atoms with Gasteiger partial charge in [-0.1, -0.05) is 0 Å². The van der Waals surface area contributed by atoms with Crippen molar-refractivity contribution in [1.29, 1.82) is 0 Å². The number of carbonyl (C=O) groups excluding carboxylic acids is 2. The average Bonchev–Trinajstić information content (AvgIpc) is 2.18. The molecule has 0 unspecified atom stereocenters. The van der Waals surface area contributed by atoms with E-state index in [0.29, 0.717) is 13.0 Å². The Labute approximate surface area is 89.3 Å². The van der Waals surface area contributed by atoms with Crippen LogP contribution in [0.4, 0.5) is 0 Å². The summed E-state index contributed by atoms with van der Waals surface area (Å²) in [6.07, 6.45) is 0.390. The van der Waals surface area contributed by atoms with Crippen molar-refractivity contribution in [3.05, 3.63) is 0 Å². The van der Waals surface area contributed by atoms with Gasteiger partial charge in [0, 0.05) is 0 Å². The maximum absolute atomic E-state index is 11.4. The number of nitrogens with two attached hydrogens (primary N) is 2. The van der Waals surface area contributed by atoms with Crippen molar-refractivity contribution in [3.8, 4) is 0 Å². The molecule has 0 aliphatic heterocycles. The summed E-state index contributed by atoms with van der Waals surface area (Å²) in [7, 11) is 0. The van der Waals surface area contributed by atoms with Gasteiger partial charge in [0.2, 0.25) is 5.91 Å². The van der Waals surface area contributed by atoms with Gasteiger partial charge in [-0.05, 0) is 26.8 Å². The predicted molar refractivity (Wildman–Crippen MR) is 55.9 cm³/mol. The fraction of sp³-hybridized carbons (Fsp3) is 0.778. The van der Waals surface area contributed by atoms with Crippen LogP contribution in [-0.2, 0) is 14.3 Å². The molecular weight excluding hydrogens is 198 g/mol. The van der Waals surface area contributed by atoms with Crippen LogP contribution in [0.25, 0.3) is 0 Å². The highest BCUT2D eigenvalue weighted by Gasteiger charge is 2.19. The van der Waals surface area contributed by atoms with E-state index in [1.165, 1.54) is 0 Å². The molecule has 0 aromatic heterocycles. The van der Waals surface area contributed by atoms with Gasteiger partial charge in [0.05, 0.1) is 12.6 Å². The smallest absolute Gasteiger partial charge is 0.328 e. The van der Waals surface area contributed by atoms with Crippen LogP contribution >= 0.6 is 0 Å². The molecule has 2 atom stereocenters. The molecule has 6 nitrogen and oxygen atoms in total. The van der Waals surface area contributed by atoms with Gasteiger partial charge in [0.25, 0.3) is 0 Å². The molecule has 0 rings (SSSR count). The van der Waals surface area contributed by atoms with Gasteiger partial charge >= 0.3 is 5.97 Å². The third-order valence-corrected chi connectivity index (χ3v) is 1.81. The van der Waals surface area contributed by atoms with E-state index in [2.05, 4.69) is 5.32 Å². The second-order valence-electron chi connectivity index (χ2n) is 3.17. The van der Waals surface area contributed by atoms with E-state index >= 15 is 0 Å². The summed E-state index contributed by atoms with van der Waals surface area (Å²) in [5.41, 5.74) is 10.8. The van der Waals surface area contributed by atoms with Crippen LogP contribution in [0, 0.1) is 0 Å². The fourth-order valence-corrected chi connectivity index (χ4v) is 0.957. The Hall–Kier alpha value is -1.14. The van der Waals surface area contributed by atoms with Gasteiger partial charge < -0.3 is 21.5 Å². The topological polar surface area (TPSA) is 107 Å². The molecule has 0 saturated carbocycles. The van der Waals surface area contributed by atoms with E-state index in [-0.39, 0.29) is 12.5 Å². The lowest BCUT2D eigenvalue weighted by molar-refractivity contribution is -0.147. The minimum atomic E-state index is -0.679. The third kappa shape index (κ3) is 5.34. The van der Waals surface area contributed by atoms with Gasteiger partial charge in [-0.3, -0.25) is 4.79 Å². The number of esters is 1. The highest BCUT2D eigenvalue weighted by Crippen LogP contribution is 1.91. The maximum Gasteiger partial charge on any atom is 0.328 e. The Balaban J connectivity index is 4.00. The molecule has 0 fully saturated rings. The average molecular weight is 217 g/mol. The SMILES string of the molecule is CCOC(=O)[C@H](C)NC(=O)[C@@H](N)CCN. The largest absolute Gasteiger partial charge is 0.464 e. The van der Waals surface area contributed by atoms with Crippen LogP contribution in [0.15, 0.2) is 0 Å². The van der Waals surface area contributed by atoms with Crippen LogP contribution in [0.1, 0.15) is 20.3 Å². The molecule has 0 bridgehead atoms. The highest BCUT2D eigenvalue weighted by atomic mass is 16.5. The fourth-order valence-electron chi connectivity index (χ4n) is 0.957. The summed E-state index contributed by atoms with van der Waals surface area (Å²) in [6, 6.07) is -1.35. The van der Waals surface area contributed by atoms with Crippen LogP contribution in [0.3, 0.4) is 0 Å². The number of ether oxygens (including phenoxy) is 1. The molecule has 0 heterocycles. The molecule has 6 heteroatoms. The van der Waals surface area contributed by atoms with E-state index in [1.807, 2.05) is 0 Å². The lowest BCUT2D eigenvalue weighted by Crippen LogP contribution is -2.48. The van der Waals surface area contributed by atoms with Crippen LogP contribution < -0.4 is 16.8 Å². The first-order chi connectivity index (χ1) is 7.02. The van der Waals surface area contributed by atoms with Crippen molar-refractivity contribution < 1.29 is 14.3 Å². The minimum absolute atomic E-state index is 0.286. The number of nitrogens with one attached hydrogen (secondary N) is 1. The zero-order valence-corrected chi connectivity index (χ0v) is 9.16. The normalized spacial score (nSPS) is 14.1. The Morgan fingerprint density at radius 3 is 2.53 bits per heavy atom. The Bertz CT molecular complexity index is 221. The maximum atomic E-state index is 11.4. The quantitative estimate of drug-likeness (QED) is 0.481. The summed E-state index contributed by atoms with van der Waals surface area (Å²) in [5.74, 6) is -0.855. The molecule has 5 N–H and O–H groups in total. The molecule has 88 valence electrons. The molecule has 0 aromatic rings. The lowest BCUT2D eigenvalue weighted by Gasteiger charge is -2.15. The zero-order chi connectivity index (χ0) is 11.8. The Morgan fingerprint density at radius 2 is 2.07 bits per heavy atom. The van der Waals surface area contributed by atoms with Crippen molar-refractivity contribution in [2.75, 3.05) is 13.2 Å². The van der Waals surface area contributed by atoms with Gasteiger partial charge in [-0.25, -0.2) is 4.79 Å². The summed E-state index contributed by atoms with van der Waals surface area (Å²) in [4.78, 5) is 22.5. The molecule has 0 spiro atoms. The summed E-state index contributed by atoms with van der Waals surface area (Å²) in [5, 5.41) is 2.46. The van der Waals surface area contributed by atoms with Crippen LogP contribution in [-0.4, -0.2) is 37.1 Å². The molecule has 0 aliphatic carbocycles. The van der Waals surface area contributed by atoms with Crippen molar-refractivity contribution in [1.82, 2.24) is 5.32 Å². The number of amides is 1. The van der Waals surface area contributed by atoms with E-state index in [1.54, 1.807) is 13.8 Å². The second kappa shape index (κ2) is 7.19. The first-order valence-electron chi connectivity index (χ1n) is 4.95. The van der Waals surface area contributed by atoms with E-state index in [4.69, 9.17) is 16.2 Å². The van der Waals surface area contributed by atoms with Crippen molar-refractivity contribution >= 4 is 11.9 Å². The van der Waals surface area contributed by atoms with E-state index in [9.17, 15) is 9.59 Å². The Kier molecular flexibility index (Phi) is 6.64. The van der Waals surface area contributed by atoms with Crippen LogP contribution in [0.5, 0.6) is 0 Å². The molecule has 0 aliphatic rings. The van der Waals surface area contributed by atoms with Gasteiger partial charge in [-0.15, -0.1) is 0 Å². The third-order valence-electron chi connectivity index (χ3n) is 1.81. The Morgan fingerprint density at radius 1 is 1.47 bits per heavy atom. The van der Waals surface area contributed by atoms with Crippen molar-refractivity contribution in [3.63, 3.8) is 0 Å². The lowest BCUT2D eigenvalue weighted by atomic mass is 10.2. The summed E-state index contributed by atoms with van der Waals surface area (Å²) in [6.45, 7) is 3.87. The first kappa shape index (κ1) is 13.9. The number of hydrogen-bond donors (Lipinski definition) is 3. The standard InChI is InChI=1S/C9H19N3O3/c1-3-15-9(14)6(2)12-8(13)7(11)4-5-10/h6-7H,3-5,10-11H2,1-2H3,(H,12,13)/t6-,7-/m0/s1. The van der Waals surface area contributed by atoms with Gasteiger partial charge in [0.1, 0.15) is 6.04 Å². The molecule has 0 saturated heterocycles. The van der Waals surface area contributed by atoms with Gasteiger partial charge in [0.15, 0.2) is 0 Å². The molecule has 15 heavy (non-hydrogen) atoms. The molecule has 0 aromatic carbocycles. The molecular formula is C9H19N3O3. The number of hydrogen-bond acceptors (Lipinski definition) is 5. The summed E-state index contributed by atoms with van der Waals surface area (Å²) < 4.78 is 4.73. The first-order valence-corrected chi connectivity index (χ1v) is 4.95. The monoisotopic (exact) mass is 217 g/mol. The predicted octanol–water partition coefficient (Wildman–Crippen LogP) is -1.27. The zero-order valence-electron chi connectivity index (χ0n) is 9.16.